The molecule has 1 saturated heterocycles. The van der Waals surface area contributed by atoms with E-state index in [0.29, 0.717) is 48.8 Å². The van der Waals surface area contributed by atoms with Crippen molar-refractivity contribution in [3.63, 3.8) is 0 Å². The van der Waals surface area contributed by atoms with E-state index in [4.69, 9.17) is 4.74 Å². The van der Waals surface area contributed by atoms with E-state index in [1.165, 1.54) is 6.07 Å². The fourth-order valence-corrected chi connectivity index (χ4v) is 4.14. The zero-order valence-corrected chi connectivity index (χ0v) is 17.4. The zero-order valence-electron chi connectivity index (χ0n) is 17.4. The number of piperidine rings is 1. The first kappa shape index (κ1) is 21.4. The summed E-state index contributed by atoms with van der Waals surface area (Å²) >= 11 is 0. The summed E-state index contributed by atoms with van der Waals surface area (Å²) in [5, 5.41) is 3.10. The standard InChI is InChI=1S/C22H25F3N4O2/c1-3-31-18-6-4-13(2)28-20(18)21(30)29-12-15-8-14(15)9-17(29)11-27-19-7-5-16(10-26-19)22(23,24)25/h4-7,10,14-15,17H,3,8-9,11-12H2,1-2H3,(H,26,27)/t14-,15+,17-/m0/s1. The number of pyridine rings is 2. The number of anilines is 1. The number of aromatic nitrogens is 2. The first-order valence-corrected chi connectivity index (χ1v) is 10.4. The number of nitrogens with one attached hydrogen (secondary N) is 1. The molecule has 1 saturated carbocycles. The third-order valence-electron chi connectivity index (χ3n) is 5.89. The van der Waals surface area contributed by atoms with Crippen LogP contribution in [-0.2, 0) is 6.18 Å². The van der Waals surface area contributed by atoms with E-state index >= 15 is 0 Å². The van der Waals surface area contributed by atoms with E-state index < -0.39 is 11.7 Å². The Balaban J connectivity index is 1.49. The van der Waals surface area contributed by atoms with Gasteiger partial charge in [-0.15, -0.1) is 0 Å². The number of ether oxygens (including phenoxy) is 1. The minimum Gasteiger partial charge on any atom is -0.491 e. The van der Waals surface area contributed by atoms with Crippen molar-refractivity contribution >= 4 is 11.7 Å². The second-order valence-corrected chi connectivity index (χ2v) is 8.15. The Morgan fingerprint density at radius 3 is 2.71 bits per heavy atom. The number of aryl methyl sites for hydroxylation is 1. The second kappa shape index (κ2) is 8.36. The first-order chi connectivity index (χ1) is 14.8. The fourth-order valence-electron chi connectivity index (χ4n) is 4.14. The van der Waals surface area contributed by atoms with Crippen LogP contribution >= 0.6 is 0 Å². The van der Waals surface area contributed by atoms with Crippen molar-refractivity contribution < 1.29 is 22.7 Å². The molecule has 2 fully saturated rings. The van der Waals surface area contributed by atoms with Gasteiger partial charge in [0.2, 0.25) is 0 Å². The number of alkyl halides is 3. The molecule has 31 heavy (non-hydrogen) atoms. The molecule has 166 valence electrons. The number of hydrogen-bond donors (Lipinski definition) is 1. The fraction of sp³-hybridized carbons (Fsp3) is 0.500. The zero-order chi connectivity index (χ0) is 22.2. The normalized spacial score (nSPS) is 22.6. The number of nitrogens with zero attached hydrogens (tertiary/aromatic N) is 3. The van der Waals surface area contributed by atoms with Crippen molar-refractivity contribution in [1.29, 1.82) is 0 Å². The maximum absolute atomic E-state index is 13.4. The molecule has 0 aromatic carbocycles. The Labute approximate surface area is 178 Å². The molecule has 6 nitrogen and oxygen atoms in total. The van der Waals surface area contributed by atoms with Gasteiger partial charge in [-0.25, -0.2) is 9.97 Å². The van der Waals surface area contributed by atoms with Gasteiger partial charge < -0.3 is 15.0 Å². The van der Waals surface area contributed by atoms with E-state index in [2.05, 4.69) is 15.3 Å². The molecule has 2 aromatic heterocycles. The predicted octanol–water partition coefficient (Wildman–Crippen LogP) is 4.17. The molecule has 3 heterocycles. The third-order valence-corrected chi connectivity index (χ3v) is 5.89. The highest BCUT2D eigenvalue weighted by Gasteiger charge is 2.47. The molecule has 1 aliphatic carbocycles. The molecule has 0 spiro atoms. The van der Waals surface area contributed by atoms with Crippen LogP contribution in [0.15, 0.2) is 30.5 Å². The summed E-state index contributed by atoms with van der Waals surface area (Å²) in [7, 11) is 0. The number of carbonyl (C=O) groups is 1. The Kier molecular flexibility index (Phi) is 5.77. The molecule has 1 N–H and O–H groups in total. The highest BCUT2D eigenvalue weighted by molar-refractivity contribution is 5.95. The average molecular weight is 434 g/mol. The Bertz CT molecular complexity index is 949. The minimum atomic E-state index is -4.42. The Morgan fingerprint density at radius 2 is 2.03 bits per heavy atom. The van der Waals surface area contributed by atoms with Gasteiger partial charge in [0, 0.05) is 31.0 Å². The summed E-state index contributed by atoms with van der Waals surface area (Å²) in [6, 6.07) is 5.79. The van der Waals surface area contributed by atoms with Crippen LogP contribution in [-0.4, -0.2) is 46.5 Å². The molecule has 1 aliphatic heterocycles. The van der Waals surface area contributed by atoms with Gasteiger partial charge in [0.1, 0.15) is 5.82 Å². The van der Waals surface area contributed by atoms with E-state index in [-0.39, 0.29) is 11.9 Å². The third kappa shape index (κ3) is 4.75. The van der Waals surface area contributed by atoms with Crippen LogP contribution in [0.3, 0.4) is 0 Å². The van der Waals surface area contributed by atoms with Crippen LogP contribution in [0.4, 0.5) is 19.0 Å². The SMILES string of the molecule is CCOc1ccc(C)nc1C(=O)N1C[C@H]2C[C@H]2C[C@H]1CNc1ccc(C(F)(F)F)cn1. The van der Waals surface area contributed by atoms with E-state index in [9.17, 15) is 18.0 Å². The quantitative estimate of drug-likeness (QED) is 0.739. The van der Waals surface area contributed by atoms with Crippen molar-refractivity contribution in [1.82, 2.24) is 14.9 Å². The molecular weight excluding hydrogens is 409 g/mol. The monoisotopic (exact) mass is 434 g/mol. The molecule has 4 rings (SSSR count). The maximum atomic E-state index is 13.4. The van der Waals surface area contributed by atoms with Crippen molar-refractivity contribution in [3.8, 4) is 5.75 Å². The van der Waals surface area contributed by atoms with Crippen LogP contribution in [0.1, 0.15) is 41.5 Å². The molecule has 0 radical (unpaired) electrons. The lowest BCUT2D eigenvalue weighted by molar-refractivity contribution is -0.137. The number of halogens is 3. The topological polar surface area (TPSA) is 67.3 Å². The summed E-state index contributed by atoms with van der Waals surface area (Å²) in [4.78, 5) is 23.5. The van der Waals surface area contributed by atoms with Gasteiger partial charge in [0.05, 0.1) is 12.2 Å². The lowest BCUT2D eigenvalue weighted by atomic mass is 10.0. The summed E-state index contributed by atoms with van der Waals surface area (Å²) in [6.45, 7) is 5.17. The summed E-state index contributed by atoms with van der Waals surface area (Å²) in [5.41, 5.74) is 0.248. The number of carbonyl (C=O) groups excluding carboxylic acids is 1. The average Bonchev–Trinajstić information content (AvgIpc) is 3.50. The van der Waals surface area contributed by atoms with Crippen LogP contribution < -0.4 is 10.1 Å². The van der Waals surface area contributed by atoms with Gasteiger partial charge in [-0.1, -0.05) is 0 Å². The van der Waals surface area contributed by atoms with Gasteiger partial charge in [0.25, 0.3) is 5.91 Å². The molecule has 9 heteroatoms. The first-order valence-electron chi connectivity index (χ1n) is 10.4. The van der Waals surface area contributed by atoms with Crippen LogP contribution in [0.5, 0.6) is 5.75 Å². The lowest BCUT2D eigenvalue weighted by Crippen LogP contribution is -2.48. The molecular formula is C22H25F3N4O2. The molecule has 1 amide bonds. The lowest BCUT2D eigenvalue weighted by Gasteiger charge is -2.35. The van der Waals surface area contributed by atoms with Gasteiger partial charge >= 0.3 is 6.18 Å². The number of fused-ring (bicyclic) bond motifs is 1. The largest absolute Gasteiger partial charge is 0.491 e. The maximum Gasteiger partial charge on any atom is 0.417 e. The summed E-state index contributed by atoms with van der Waals surface area (Å²) in [6.07, 6.45) is -1.66. The summed E-state index contributed by atoms with van der Waals surface area (Å²) in [5.74, 6) is 1.73. The van der Waals surface area contributed by atoms with Crippen molar-refractivity contribution in [2.75, 3.05) is 25.0 Å². The minimum absolute atomic E-state index is 0.0999. The molecule has 2 aliphatic rings. The second-order valence-electron chi connectivity index (χ2n) is 8.15. The van der Waals surface area contributed by atoms with Crippen molar-refractivity contribution in [3.05, 3.63) is 47.4 Å². The molecule has 2 aromatic rings. The molecule has 0 bridgehead atoms. The van der Waals surface area contributed by atoms with Crippen molar-refractivity contribution in [2.45, 2.75) is 38.9 Å². The van der Waals surface area contributed by atoms with Gasteiger partial charge in [-0.05, 0) is 62.8 Å². The predicted molar refractivity (Wildman–Crippen MR) is 109 cm³/mol. The Hall–Kier alpha value is -2.84. The van der Waals surface area contributed by atoms with E-state index in [1.54, 1.807) is 6.07 Å². The Morgan fingerprint density at radius 1 is 1.23 bits per heavy atom. The number of amides is 1. The van der Waals surface area contributed by atoms with E-state index in [1.807, 2.05) is 24.8 Å². The summed E-state index contributed by atoms with van der Waals surface area (Å²) < 4.78 is 43.8. The van der Waals surface area contributed by atoms with Crippen LogP contribution in [0, 0.1) is 18.8 Å². The van der Waals surface area contributed by atoms with Gasteiger partial charge in [-0.3, -0.25) is 4.79 Å². The van der Waals surface area contributed by atoms with E-state index in [0.717, 1.165) is 30.8 Å². The highest BCUT2D eigenvalue weighted by Crippen LogP contribution is 2.47. The van der Waals surface area contributed by atoms with Crippen LogP contribution in [0.25, 0.3) is 0 Å². The van der Waals surface area contributed by atoms with Gasteiger partial charge in [-0.2, -0.15) is 13.2 Å². The number of rotatable bonds is 6. The highest BCUT2D eigenvalue weighted by atomic mass is 19.4. The van der Waals surface area contributed by atoms with Gasteiger partial charge in [0.15, 0.2) is 11.4 Å². The number of likely N-dealkylation sites (tertiary alicyclic amines) is 1. The molecule has 3 atom stereocenters. The smallest absolute Gasteiger partial charge is 0.417 e. The number of hydrogen-bond acceptors (Lipinski definition) is 5. The molecule has 0 unspecified atom stereocenters. The van der Waals surface area contributed by atoms with Crippen molar-refractivity contribution in [2.24, 2.45) is 11.8 Å². The van der Waals surface area contributed by atoms with Crippen LogP contribution in [0.2, 0.25) is 0 Å².